The standard InChI is InChI=1S/C12H21F3N2/c1-8(16)11(12(13,14)15)17-7-3-5-9-4-2-6-10(9)17/h8-11H,2-7,16H2,1H3. The average molecular weight is 250 g/mol. The first-order valence-corrected chi connectivity index (χ1v) is 6.49. The van der Waals surface area contributed by atoms with E-state index in [4.69, 9.17) is 5.73 Å². The van der Waals surface area contributed by atoms with Crippen molar-refractivity contribution in [2.75, 3.05) is 6.54 Å². The second-order valence-electron chi connectivity index (χ2n) is 5.48. The zero-order valence-electron chi connectivity index (χ0n) is 10.2. The Bertz CT molecular complexity index is 265. The van der Waals surface area contributed by atoms with Crippen molar-refractivity contribution in [3.05, 3.63) is 0 Å². The van der Waals surface area contributed by atoms with Crippen LogP contribution < -0.4 is 5.73 Å². The summed E-state index contributed by atoms with van der Waals surface area (Å²) in [6.07, 6.45) is 0.813. The van der Waals surface area contributed by atoms with Gasteiger partial charge in [0.05, 0.1) is 0 Å². The molecule has 5 heteroatoms. The molecule has 1 saturated heterocycles. The third-order valence-electron chi connectivity index (χ3n) is 4.23. The van der Waals surface area contributed by atoms with Crippen LogP contribution in [0, 0.1) is 5.92 Å². The Morgan fingerprint density at radius 3 is 2.41 bits per heavy atom. The highest BCUT2D eigenvalue weighted by Gasteiger charge is 2.50. The van der Waals surface area contributed by atoms with E-state index in [1.165, 1.54) is 6.92 Å². The van der Waals surface area contributed by atoms with E-state index < -0.39 is 18.3 Å². The van der Waals surface area contributed by atoms with Gasteiger partial charge in [-0.25, -0.2) is 0 Å². The number of likely N-dealkylation sites (tertiary alicyclic amines) is 1. The molecule has 2 aliphatic rings. The molecule has 2 nitrogen and oxygen atoms in total. The Hall–Kier alpha value is -0.290. The summed E-state index contributed by atoms with van der Waals surface area (Å²) in [5.41, 5.74) is 5.57. The van der Waals surface area contributed by atoms with E-state index in [1.807, 2.05) is 0 Å². The number of rotatable bonds is 2. The number of hydrogen-bond donors (Lipinski definition) is 1. The lowest BCUT2D eigenvalue weighted by Crippen LogP contribution is -2.60. The summed E-state index contributed by atoms with van der Waals surface area (Å²) in [6.45, 7) is 2.02. The number of fused-ring (bicyclic) bond motifs is 1. The van der Waals surface area contributed by atoms with E-state index >= 15 is 0 Å². The van der Waals surface area contributed by atoms with Crippen molar-refractivity contribution in [2.45, 2.75) is 63.3 Å². The third-order valence-corrected chi connectivity index (χ3v) is 4.23. The normalized spacial score (nSPS) is 34.4. The maximum atomic E-state index is 13.1. The SMILES string of the molecule is CC(N)C(N1CCCC2CCCC21)C(F)(F)F. The monoisotopic (exact) mass is 250 g/mol. The van der Waals surface area contributed by atoms with Crippen LogP contribution in [0.2, 0.25) is 0 Å². The Balaban J connectivity index is 2.17. The highest BCUT2D eigenvalue weighted by molar-refractivity contribution is 4.96. The Labute approximate surface area is 100 Å². The molecular formula is C12H21F3N2. The van der Waals surface area contributed by atoms with E-state index in [0.717, 1.165) is 32.1 Å². The van der Waals surface area contributed by atoms with E-state index in [-0.39, 0.29) is 6.04 Å². The molecule has 0 spiro atoms. The lowest BCUT2D eigenvalue weighted by Gasteiger charge is -2.44. The van der Waals surface area contributed by atoms with Gasteiger partial charge in [-0.2, -0.15) is 13.2 Å². The topological polar surface area (TPSA) is 29.3 Å². The van der Waals surface area contributed by atoms with Gasteiger partial charge < -0.3 is 5.73 Å². The minimum absolute atomic E-state index is 0.112. The van der Waals surface area contributed by atoms with Crippen LogP contribution in [0.15, 0.2) is 0 Å². The Morgan fingerprint density at radius 2 is 1.82 bits per heavy atom. The molecule has 2 rings (SSSR count). The van der Waals surface area contributed by atoms with Gasteiger partial charge in [-0.3, -0.25) is 4.90 Å². The minimum Gasteiger partial charge on any atom is -0.326 e. The molecule has 0 radical (unpaired) electrons. The molecule has 1 heterocycles. The van der Waals surface area contributed by atoms with Crippen molar-refractivity contribution in [3.63, 3.8) is 0 Å². The van der Waals surface area contributed by atoms with Crippen molar-refractivity contribution in [2.24, 2.45) is 11.7 Å². The fraction of sp³-hybridized carbons (Fsp3) is 1.00. The number of alkyl halides is 3. The Morgan fingerprint density at radius 1 is 1.18 bits per heavy atom. The van der Waals surface area contributed by atoms with Crippen molar-refractivity contribution in [1.29, 1.82) is 0 Å². The predicted molar refractivity (Wildman–Crippen MR) is 60.6 cm³/mol. The molecule has 4 unspecified atom stereocenters. The number of halogens is 3. The van der Waals surface area contributed by atoms with Gasteiger partial charge in [-0.05, 0) is 45.1 Å². The quantitative estimate of drug-likeness (QED) is 0.816. The summed E-state index contributed by atoms with van der Waals surface area (Å²) < 4.78 is 39.3. The molecule has 0 aromatic rings. The zero-order chi connectivity index (χ0) is 12.6. The van der Waals surface area contributed by atoms with E-state index in [0.29, 0.717) is 12.5 Å². The molecule has 100 valence electrons. The molecule has 0 aromatic carbocycles. The summed E-state index contributed by atoms with van der Waals surface area (Å²) in [5, 5.41) is 0. The molecule has 0 amide bonds. The van der Waals surface area contributed by atoms with Crippen molar-refractivity contribution < 1.29 is 13.2 Å². The molecule has 17 heavy (non-hydrogen) atoms. The lowest BCUT2D eigenvalue weighted by molar-refractivity contribution is -0.199. The summed E-state index contributed by atoms with van der Waals surface area (Å²) in [4.78, 5) is 1.64. The maximum absolute atomic E-state index is 13.1. The van der Waals surface area contributed by atoms with E-state index in [1.54, 1.807) is 4.90 Å². The van der Waals surface area contributed by atoms with Crippen molar-refractivity contribution in [1.82, 2.24) is 4.90 Å². The van der Waals surface area contributed by atoms with Gasteiger partial charge in [0.15, 0.2) is 0 Å². The van der Waals surface area contributed by atoms with Crippen LogP contribution in [-0.4, -0.2) is 35.7 Å². The number of nitrogens with zero attached hydrogens (tertiary/aromatic N) is 1. The van der Waals surface area contributed by atoms with Gasteiger partial charge in [0.25, 0.3) is 0 Å². The average Bonchev–Trinajstić information content (AvgIpc) is 2.63. The summed E-state index contributed by atoms with van der Waals surface area (Å²) in [6, 6.07) is -2.20. The van der Waals surface area contributed by atoms with E-state index in [9.17, 15) is 13.2 Å². The number of nitrogens with two attached hydrogens (primary N) is 1. The molecule has 4 atom stereocenters. The smallest absolute Gasteiger partial charge is 0.326 e. The van der Waals surface area contributed by atoms with Gasteiger partial charge in [0.1, 0.15) is 6.04 Å². The molecule has 0 bridgehead atoms. The zero-order valence-corrected chi connectivity index (χ0v) is 10.2. The van der Waals surface area contributed by atoms with Crippen LogP contribution >= 0.6 is 0 Å². The maximum Gasteiger partial charge on any atom is 0.405 e. The largest absolute Gasteiger partial charge is 0.405 e. The second-order valence-corrected chi connectivity index (χ2v) is 5.48. The summed E-state index contributed by atoms with van der Waals surface area (Å²) >= 11 is 0. The van der Waals surface area contributed by atoms with Crippen LogP contribution in [0.3, 0.4) is 0 Å². The van der Waals surface area contributed by atoms with Crippen LogP contribution in [0.1, 0.15) is 39.0 Å². The predicted octanol–water partition coefficient (Wildman–Crippen LogP) is 2.53. The molecular weight excluding hydrogens is 229 g/mol. The first-order chi connectivity index (χ1) is 7.91. The fourth-order valence-corrected chi connectivity index (χ4v) is 3.63. The van der Waals surface area contributed by atoms with Crippen LogP contribution in [0.25, 0.3) is 0 Å². The lowest BCUT2D eigenvalue weighted by atomic mass is 9.89. The highest BCUT2D eigenvalue weighted by Crippen LogP contribution is 2.40. The van der Waals surface area contributed by atoms with Gasteiger partial charge in [0.2, 0.25) is 0 Å². The van der Waals surface area contributed by atoms with Crippen molar-refractivity contribution in [3.8, 4) is 0 Å². The summed E-state index contributed by atoms with van der Waals surface area (Å²) in [7, 11) is 0. The second kappa shape index (κ2) is 4.76. The summed E-state index contributed by atoms with van der Waals surface area (Å²) in [5.74, 6) is 0.465. The molecule has 0 aromatic heterocycles. The number of piperidine rings is 1. The minimum atomic E-state index is -4.21. The molecule has 2 N–H and O–H groups in total. The highest BCUT2D eigenvalue weighted by atomic mass is 19.4. The van der Waals surface area contributed by atoms with Crippen molar-refractivity contribution >= 4 is 0 Å². The first-order valence-electron chi connectivity index (χ1n) is 6.49. The first kappa shape index (κ1) is 13.1. The number of hydrogen-bond acceptors (Lipinski definition) is 2. The third kappa shape index (κ3) is 2.60. The fourth-order valence-electron chi connectivity index (χ4n) is 3.63. The molecule has 2 fully saturated rings. The van der Waals surface area contributed by atoms with Gasteiger partial charge >= 0.3 is 6.18 Å². The van der Waals surface area contributed by atoms with Gasteiger partial charge in [-0.1, -0.05) is 6.42 Å². The van der Waals surface area contributed by atoms with E-state index in [2.05, 4.69) is 0 Å². The van der Waals surface area contributed by atoms with Crippen LogP contribution in [0.4, 0.5) is 13.2 Å². The van der Waals surface area contributed by atoms with Gasteiger partial charge in [-0.15, -0.1) is 0 Å². The van der Waals surface area contributed by atoms with Crippen LogP contribution in [-0.2, 0) is 0 Å². The van der Waals surface area contributed by atoms with Gasteiger partial charge in [0, 0.05) is 12.1 Å². The van der Waals surface area contributed by atoms with Crippen LogP contribution in [0.5, 0.6) is 0 Å². The molecule has 1 aliphatic carbocycles. The molecule has 1 aliphatic heterocycles. The Kier molecular flexibility index (Phi) is 3.69. The molecule has 1 saturated carbocycles.